The van der Waals surface area contributed by atoms with E-state index >= 15 is 0 Å². The molecule has 35 heavy (non-hydrogen) atoms. The van der Waals surface area contributed by atoms with Gasteiger partial charge in [-0.05, 0) is 81.9 Å². The van der Waals surface area contributed by atoms with Crippen molar-refractivity contribution in [1.82, 2.24) is 14.2 Å². The molecule has 0 fully saturated rings. The Balaban J connectivity index is 1.92. The van der Waals surface area contributed by atoms with Crippen LogP contribution in [0.15, 0.2) is 41.3 Å². The molecule has 1 amide bonds. The van der Waals surface area contributed by atoms with Crippen molar-refractivity contribution in [1.29, 1.82) is 0 Å². The molecule has 3 rings (SSSR count). The third-order valence-electron chi connectivity index (χ3n) is 6.09. The quantitative estimate of drug-likeness (QED) is 0.361. The Morgan fingerprint density at radius 1 is 0.971 bits per heavy atom. The van der Waals surface area contributed by atoms with E-state index in [-0.39, 0.29) is 10.8 Å². The van der Waals surface area contributed by atoms with Gasteiger partial charge in [0.05, 0.1) is 15.1 Å². The summed E-state index contributed by atoms with van der Waals surface area (Å²) in [6, 6.07) is 10.4. The Labute approximate surface area is 213 Å². The molecule has 190 valence electrons. The van der Waals surface area contributed by atoms with E-state index in [4.69, 9.17) is 4.98 Å². The number of aryl methyl sites for hydroxylation is 2. The number of benzene rings is 2. The number of unbranched alkanes of at least 4 members (excludes halogenated alkanes) is 1. The number of rotatable bonds is 11. The molecule has 9 heteroatoms. The van der Waals surface area contributed by atoms with Crippen LogP contribution in [-0.4, -0.2) is 68.8 Å². The van der Waals surface area contributed by atoms with Crippen molar-refractivity contribution in [3.05, 3.63) is 53.1 Å². The van der Waals surface area contributed by atoms with Gasteiger partial charge in [-0.25, -0.2) is 13.4 Å². The molecule has 1 heterocycles. The number of anilines is 1. The lowest BCUT2D eigenvalue weighted by molar-refractivity contribution is 0.0985. The van der Waals surface area contributed by atoms with Crippen LogP contribution in [0.2, 0.25) is 0 Å². The smallest absolute Gasteiger partial charge is 0.260 e. The van der Waals surface area contributed by atoms with Crippen LogP contribution in [0.1, 0.15) is 48.2 Å². The number of thiazole rings is 1. The van der Waals surface area contributed by atoms with Crippen LogP contribution in [0.4, 0.5) is 5.13 Å². The van der Waals surface area contributed by atoms with E-state index in [0.29, 0.717) is 36.9 Å². The molecule has 7 nitrogen and oxygen atoms in total. The zero-order valence-corrected chi connectivity index (χ0v) is 23.2. The minimum atomic E-state index is -3.59. The average Bonchev–Trinajstić information content (AvgIpc) is 3.21. The van der Waals surface area contributed by atoms with E-state index < -0.39 is 10.0 Å². The minimum Gasteiger partial charge on any atom is -0.308 e. The van der Waals surface area contributed by atoms with Crippen LogP contribution in [0.5, 0.6) is 0 Å². The fraction of sp³-hybridized carbons (Fsp3) is 0.462. The van der Waals surface area contributed by atoms with Gasteiger partial charge < -0.3 is 4.90 Å². The van der Waals surface area contributed by atoms with Gasteiger partial charge in [0.25, 0.3) is 5.91 Å². The molecule has 0 unspecified atom stereocenters. The first kappa shape index (κ1) is 27.3. The second kappa shape index (κ2) is 11.6. The zero-order chi connectivity index (χ0) is 25.8. The Bertz CT molecular complexity index is 1230. The van der Waals surface area contributed by atoms with Crippen molar-refractivity contribution < 1.29 is 13.2 Å². The molecule has 0 aliphatic rings. The molecule has 0 bridgehead atoms. The van der Waals surface area contributed by atoms with Crippen LogP contribution in [0, 0.1) is 13.8 Å². The summed E-state index contributed by atoms with van der Waals surface area (Å²) < 4.78 is 28.6. The van der Waals surface area contributed by atoms with Crippen LogP contribution >= 0.6 is 11.3 Å². The number of hydrogen-bond acceptors (Lipinski definition) is 6. The maximum atomic E-state index is 13.6. The molecule has 3 aromatic rings. The minimum absolute atomic E-state index is 0.193. The highest BCUT2D eigenvalue weighted by Crippen LogP contribution is 2.31. The van der Waals surface area contributed by atoms with Gasteiger partial charge in [-0.1, -0.05) is 31.6 Å². The molecular weight excluding hydrogens is 480 g/mol. The Morgan fingerprint density at radius 3 is 2.23 bits per heavy atom. The van der Waals surface area contributed by atoms with Crippen LogP contribution in [0.25, 0.3) is 10.2 Å². The van der Waals surface area contributed by atoms with Gasteiger partial charge in [0.15, 0.2) is 5.13 Å². The molecule has 0 aliphatic heterocycles. The Hall–Kier alpha value is -2.33. The van der Waals surface area contributed by atoms with E-state index in [1.807, 2.05) is 32.8 Å². The SMILES string of the molecule is CCCCN(CC)S(=O)(=O)c1ccc(C(=O)N(CCN(C)C)c2nc3cc(C)c(C)cc3s2)cc1. The van der Waals surface area contributed by atoms with Gasteiger partial charge >= 0.3 is 0 Å². The van der Waals surface area contributed by atoms with Gasteiger partial charge in [0.2, 0.25) is 10.0 Å². The number of nitrogens with zero attached hydrogens (tertiary/aromatic N) is 4. The predicted octanol–water partition coefficient (Wildman–Crippen LogP) is 4.93. The molecule has 0 atom stereocenters. The maximum absolute atomic E-state index is 13.6. The summed E-state index contributed by atoms with van der Waals surface area (Å²) in [6.07, 6.45) is 1.73. The summed E-state index contributed by atoms with van der Waals surface area (Å²) in [5.74, 6) is -0.193. The molecule has 2 aromatic carbocycles. The van der Waals surface area contributed by atoms with E-state index in [9.17, 15) is 13.2 Å². The highest BCUT2D eigenvalue weighted by molar-refractivity contribution is 7.89. The zero-order valence-electron chi connectivity index (χ0n) is 21.5. The van der Waals surface area contributed by atoms with E-state index in [2.05, 4.69) is 26.0 Å². The summed E-state index contributed by atoms with van der Waals surface area (Å²) >= 11 is 1.50. The molecule has 0 aliphatic carbocycles. The second-order valence-electron chi connectivity index (χ2n) is 9.04. The van der Waals surface area contributed by atoms with Crippen molar-refractivity contribution >= 4 is 42.6 Å². The van der Waals surface area contributed by atoms with Gasteiger partial charge in [-0.3, -0.25) is 9.69 Å². The largest absolute Gasteiger partial charge is 0.308 e. The number of hydrogen-bond donors (Lipinski definition) is 0. The first-order valence-corrected chi connectivity index (χ1v) is 14.3. The molecular formula is C26H36N4O3S2. The third-order valence-corrected chi connectivity index (χ3v) is 9.12. The van der Waals surface area contributed by atoms with Gasteiger partial charge in [-0.2, -0.15) is 4.31 Å². The Morgan fingerprint density at radius 2 is 1.63 bits per heavy atom. The lowest BCUT2D eigenvalue weighted by Crippen LogP contribution is -2.36. The number of amides is 1. The third kappa shape index (κ3) is 6.27. The topological polar surface area (TPSA) is 73.8 Å². The number of carbonyl (C=O) groups is 1. The van der Waals surface area contributed by atoms with Crippen molar-refractivity contribution in [2.75, 3.05) is 45.2 Å². The van der Waals surface area contributed by atoms with Gasteiger partial charge in [0, 0.05) is 31.7 Å². The molecule has 1 aromatic heterocycles. The molecule has 0 N–H and O–H groups in total. The van der Waals surface area contributed by atoms with Crippen molar-refractivity contribution in [2.45, 2.75) is 45.4 Å². The normalized spacial score (nSPS) is 12.1. The first-order valence-electron chi connectivity index (χ1n) is 12.0. The van der Waals surface area contributed by atoms with E-state index in [1.165, 1.54) is 33.3 Å². The molecule has 0 saturated heterocycles. The van der Waals surface area contributed by atoms with Crippen LogP contribution < -0.4 is 4.90 Å². The number of aromatic nitrogens is 1. The maximum Gasteiger partial charge on any atom is 0.260 e. The lowest BCUT2D eigenvalue weighted by Gasteiger charge is -2.23. The van der Waals surface area contributed by atoms with Crippen LogP contribution in [0.3, 0.4) is 0 Å². The lowest BCUT2D eigenvalue weighted by atomic mass is 10.1. The standard InChI is InChI=1S/C26H36N4O3S2/c1-7-9-14-29(8-2)35(32,33)22-12-10-21(11-13-22)25(31)30(16-15-28(5)6)26-27-23-17-19(3)20(4)18-24(23)34-26/h10-13,17-18H,7-9,14-16H2,1-6H3. The molecule has 0 spiro atoms. The van der Waals surface area contributed by atoms with E-state index in [1.54, 1.807) is 17.0 Å². The fourth-order valence-electron chi connectivity index (χ4n) is 3.72. The monoisotopic (exact) mass is 516 g/mol. The van der Waals surface area contributed by atoms with Crippen molar-refractivity contribution in [3.63, 3.8) is 0 Å². The first-order chi connectivity index (χ1) is 16.6. The number of carbonyl (C=O) groups excluding carboxylic acids is 1. The number of sulfonamides is 1. The highest BCUT2D eigenvalue weighted by atomic mass is 32.2. The predicted molar refractivity (Wildman–Crippen MR) is 145 cm³/mol. The summed E-state index contributed by atoms with van der Waals surface area (Å²) in [5, 5.41) is 0.644. The van der Waals surface area contributed by atoms with Crippen molar-refractivity contribution in [2.24, 2.45) is 0 Å². The second-order valence-corrected chi connectivity index (χ2v) is 12.0. The molecule has 0 radical (unpaired) electrons. The number of likely N-dealkylation sites (N-methyl/N-ethyl adjacent to an activating group) is 1. The van der Waals surface area contributed by atoms with Gasteiger partial charge in [-0.15, -0.1) is 0 Å². The Kier molecular flexibility index (Phi) is 9.04. The highest BCUT2D eigenvalue weighted by Gasteiger charge is 2.25. The summed E-state index contributed by atoms with van der Waals surface area (Å²) in [7, 11) is 0.334. The van der Waals surface area contributed by atoms with Crippen LogP contribution in [-0.2, 0) is 10.0 Å². The number of fused-ring (bicyclic) bond motifs is 1. The average molecular weight is 517 g/mol. The summed E-state index contributed by atoms with van der Waals surface area (Å²) in [5.41, 5.74) is 3.67. The fourth-order valence-corrected chi connectivity index (χ4v) is 6.28. The van der Waals surface area contributed by atoms with Gasteiger partial charge in [0.1, 0.15) is 0 Å². The van der Waals surface area contributed by atoms with E-state index in [0.717, 1.165) is 28.6 Å². The summed E-state index contributed by atoms with van der Waals surface area (Å²) in [4.78, 5) is 22.3. The summed E-state index contributed by atoms with van der Waals surface area (Å²) in [6.45, 7) is 10.1. The van der Waals surface area contributed by atoms with Crippen molar-refractivity contribution in [3.8, 4) is 0 Å². The molecule has 0 saturated carbocycles.